The number of alkyl halides is 6. The molecule has 1 fully saturated rings. The Morgan fingerprint density at radius 2 is 1.69 bits per heavy atom. The summed E-state index contributed by atoms with van der Waals surface area (Å²) in [6.07, 6.45) is -13.3. The molecule has 1 saturated heterocycles. The Bertz CT molecular complexity index is 1210. The number of carbonyl (C=O) groups excluding carboxylic acids is 2. The molecule has 0 bridgehead atoms. The Morgan fingerprint density at radius 3 is 2.23 bits per heavy atom. The first-order valence-electron chi connectivity index (χ1n) is 11.3. The number of nitrogens with zero attached hydrogens (tertiary/aromatic N) is 5. The van der Waals surface area contributed by atoms with Crippen LogP contribution in [0.1, 0.15) is 11.3 Å². The van der Waals surface area contributed by atoms with Gasteiger partial charge in [0.1, 0.15) is 17.1 Å². The molecule has 3 rings (SSSR count). The van der Waals surface area contributed by atoms with E-state index in [1.165, 1.54) is 0 Å². The van der Waals surface area contributed by atoms with E-state index in [9.17, 15) is 45.4 Å². The van der Waals surface area contributed by atoms with Crippen molar-refractivity contribution < 1.29 is 50.2 Å². The van der Waals surface area contributed by atoms with E-state index in [0.717, 1.165) is 36.2 Å². The van der Waals surface area contributed by atoms with Gasteiger partial charge in [-0.3, -0.25) is 9.80 Å². The molecule has 2 aromatic rings. The summed E-state index contributed by atoms with van der Waals surface area (Å²) >= 11 is 0. The molecule has 1 aliphatic heterocycles. The number of β-amino-alcohol motifs (C(OH)–C–C–N with tert-alkyl or cyclic N) is 1. The zero-order valence-electron chi connectivity index (χ0n) is 20.8. The van der Waals surface area contributed by atoms with Gasteiger partial charge in [0.2, 0.25) is 0 Å². The number of aliphatic hydroxyl groups is 1. The fourth-order valence-corrected chi connectivity index (χ4v) is 3.77. The molecule has 39 heavy (non-hydrogen) atoms. The van der Waals surface area contributed by atoms with Gasteiger partial charge in [0.15, 0.2) is 11.6 Å². The fraction of sp³-hybridized carbons (Fsp3) is 0.435. The second-order valence-electron chi connectivity index (χ2n) is 8.90. The van der Waals surface area contributed by atoms with Gasteiger partial charge in [0.25, 0.3) is 0 Å². The van der Waals surface area contributed by atoms with Crippen LogP contribution in [0.2, 0.25) is 0 Å². The minimum atomic E-state index is -5.45. The largest absolute Gasteiger partial charge is 0.433 e. The summed E-state index contributed by atoms with van der Waals surface area (Å²) in [5.74, 6) is -3.26. The van der Waals surface area contributed by atoms with E-state index in [1.54, 1.807) is 19.0 Å². The zero-order chi connectivity index (χ0) is 29.3. The number of urea groups is 1. The second-order valence-corrected chi connectivity index (χ2v) is 8.90. The van der Waals surface area contributed by atoms with Crippen molar-refractivity contribution in [3.05, 3.63) is 47.4 Å². The Kier molecular flexibility index (Phi) is 8.60. The lowest BCUT2D eigenvalue weighted by molar-refractivity contribution is -0.145. The van der Waals surface area contributed by atoms with Crippen LogP contribution in [0.25, 0.3) is 0 Å². The van der Waals surface area contributed by atoms with Gasteiger partial charge < -0.3 is 19.6 Å². The first kappa shape index (κ1) is 29.9. The molecular formula is C23H24F7N5O4. The quantitative estimate of drug-likeness (QED) is 0.508. The second kappa shape index (κ2) is 11.2. The maximum absolute atomic E-state index is 14.0. The van der Waals surface area contributed by atoms with E-state index in [1.807, 2.05) is 0 Å². The Hall–Kier alpha value is -3.66. The monoisotopic (exact) mass is 567 g/mol. The van der Waals surface area contributed by atoms with Crippen LogP contribution in [0.4, 0.5) is 51.8 Å². The molecule has 9 nitrogen and oxygen atoms in total. The summed E-state index contributed by atoms with van der Waals surface area (Å²) in [6, 6.07) is 2.81. The number of pyridine rings is 1. The molecule has 0 spiro atoms. The third-order valence-electron chi connectivity index (χ3n) is 5.59. The number of rotatable bonds is 7. The van der Waals surface area contributed by atoms with E-state index in [-0.39, 0.29) is 31.4 Å². The smallest absolute Gasteiger partial charge is 0.405 e. The molecule has 0 radical (unpaired) electrons. The predicted octanol–water partition coefficient (Wildman–Crippen LogP) is 4.06. The van der Waals surface area contributed by atoms with Crippen molar-refractivity contribution in [2.45, 2.75) is 18.5 Å². The molecule has 1 aromatic carbocycles. The van der Waals surface area contributed by atoms with Crippen molar-refractivity contribution in [3.63, 3.8) is 0 Å². The van der Waals surface area contributed by atoms with Gasteiger partial charge in [-0.2, -0.15) is 26.3 Å². The summed E-state index contributed by atoms with van der Waals surface area (Å²) in [4.78, 5) is 32.9. The standard InChI is InChI=1S/C23H24F7N5O4/c1-32(2)11-15(36)12-34-8-9-35(20(34)37)19-18(16(22(25,26)27)10-17(31-19)23(28,29)30)39-21(38)33(3)14-6-4-13(24)5-7-14/h4-7,10,15,36H,8-9,11-12H2,1-3H3. The van der Waals surface area contributed by atoms with Crippen molar-refractivity contribution in [2.24, 2.45) is 0 Å². The van der Waals surface area contributed by atoms with Gasteiger partial charge in [0.05, 0.1) is 6.10 Å². The van der Waals surface area contributed by atoms with Gasteiger partial charge >= 0.3 is 24.5 Å². The topological polar surface area (TPSA) is 89.5 Å². The van der Waals surface area contributed by atoms with Crippen LogP contribution in [0.15, 0.2) is 30.3 Å². The first-order valence-corrected chi connectivity index (χ1v) is 11.3. The molecule has 1 N–H and O–H groups in total. The summed E-state index contributed by atoms with van der Waals surface area (Å²) in [6.45, 7) is -0.702. The summed E-state index contributed by atoms with van der Waals surface area (Å²) in [5.41, 5.74) is -3.95. The first-order chi connectivity index (χ1) is 18.0. The number of hydrogen-bond donors (Lipinski definition) is 1. The fourth-order valence-electron chi connectivity index (χ4n) is 3.77. The lowest BCUT2D eigenvalue weighted by Gasteiger charge is -2.25. The normalized spacial score (nSPS) is 15.2. The van der Waals surface area contributed by atoms with E-state index >= 15 is 0 Å². The van der Waals surface area contributed by atoms with Crippen LogP contribution in [0.5, 0.6) is 5.75 Å². The number of aliphatic hydroxyl groups excluding tert-OH is 1. The number of benzene rings is 1. The van der Waals surface area contributed by atoms with E-state index in [4.69, 9.17) is 4.74 Å². The molecule has 1 unspecified atom stereocenters. The van der Waals surface area contributed by atoms with Crippen molar-refractivity contribution >= 4 is 23.6 Å². The molecule has 1 aliphatic rings. The molecule has 2 heterocycles. The molecule has 214 valence electrons. The van der Waals surface area contributed by atoms with Crippen molar-refractivity contribution in [1.29, 1.82) is 0 Å². The predicted molar refractivity (Wildman–Crippen MR) is 124 cm³/mol. The van der Waals surface area contributed by atoms with E-state index < -0.39 is 65.8 Å². The van der Waals surface area contributed by atoms with E-state index in [2.05, 4.69) is 4.98 Å². The highest BCUT2D eigenvalue weighted by atomic mass is 19.4. The van der Waals surface area contributed by atoms with Crippen molar-refractivity contribution in [3.8, 4) is 5.75 Å². The molecular weight excluding hydrogens is 543 g/mol. The van der Waals surface area contributed by atoms with E-state index in [0.29, 0.717) is 9.80 Å². The third kappa shape index (κ3) is 7.06. The maximum Gasteiger partial charge on any atom is 0.433 e. The van der Waals surface area contributed by atoms with Crippen LogP contribution >= 0.6 is 0 Å². The molecule has 16 heteroatoms. The van der Waals surface area contributed by atoms with Gasteiger partial charge in [-0.05, 0) is 44.4 Å². The lowest BCUT2D eigenvalue weighted by Crippen LogP contribution is -2.41. The zero-order valence-corrected chi connectivity index (χ0v) is 20.8. The molecule has 1 aromatic heterocycles. The minimum Gasteiger partial charge on any atom is -0.405 e. The number of amides is 3. The Labute approximate surface area is 218 Å². The SMILES string of the molecule is CN(C)CC(O)CN1CCN(c2nc(C(F)(F)F)cc(C(F)(F)F)c2OC(=O)N(C)c2ccc(F)cc2)C1=O. The molecule has 0 saturated carbocycles. The van der Waals surface area contributed by atoms with Gasteiger partial charge in [-0.15, -0.1) is 0 Å². The van der Waals surface area contributed by atoms with Crippen LogP contribution in [0.3, 0.4) is 0 Å². The Morgan fingerprint density at radius 1 is 1.08 bits per heavy atom. The minimum absolute atomic E-state index is 0.00492. The number of hydrogen-bond acceptors (Lipinski definition) is 6. The highest BCUT2D eigenvalue weighted by Gasteiger charge is 2.45. The number of carbonyl (C=O) groups is 2. The van der Waals surface area contributed by atoms with Crippen LogP contribution in [0, 0.1) is 5.82 Å². The highest BCUT2D eigenvalue weighted by Crippen LogP contribution is 2.45. The molecule has 1 atom stereocenters. The molecule has 3 amide bonds. The average Bonchev–Trinajstić information content (AvgIpc) is 3.16. The number of halogens is 7. The van der Waals surface area contributed by atoms with Gasteiger partial charge in [0, 0.05) is 38.9 Å². The van der Waals surface area contributed by atoms with Crippen molar-refractivity contribution in [1.82, 2.24) is 14.8 Å². The summed E-state index contributed by atoms with van der Waals surface area (Å²) in [7, 11) is 4.38. The number of likely N-dealkylation sites (N-methyl/N-ethyl adjacent to an activating group) is 1. The van der Waals surface area contributed by atoms with Crippen molar-refractivity contribution in [2.75, 3.05) is 57.1 Å². The lowest BCUT2D eigenvalue weighted by atomic mass is 10.1. The highest BCUT2D eigenvalue weighted by molar-refractivity contribution is 5.96. The summed E-state index contributed by atoms with van der Waals surface area (Å²) < 4.78 is 101. The van der Waals surface area contributed by atoms with Gasteiger partial charge in [-0.1, -0.05) is 0 Å². The summed E-state index contributed by atoms with van der Waals surface area (Å²) in [5, 5.41) is 10.2. The Balaban J connectivity index is 2.06. The molecule has 0 aliphatic carbocycles. The maximum atomic E-state index is 14.0. The number of anilines is 2. The number of ether oxygens (including phenoxy) is 1. The van der Waals surface area contributed by atoms with Crippen LogP contribution in [-0.4, -0.2) is 85.4 Å². The van der Waals surface area contributed by atoms with Gasteiger partial charge in [-0.25, -0.2) is 19.0 Å². The van der Waals surface area contributed by atoms with Crippen LogP contribution < -0.4 is 14.5 Å². The third-order valence-corrected chi connectivity index (χ3v) is 5.59. The number of aromatic nitrogens is 1. The van der Waals surface area contributed by atoms with Crippen LogP contribution in [-0.2, 0) is 12.4 Å². The average molecular weight is 567 g/mol.